The van der Waals surface area contributed by atoms with E-state index in [1.165, 1.54) is 37.6 Å². The highest BCUT2D eigenvalue weighted by molar-refractivity contribution is 7.21. The molecule has 0 bridgehead atoms. The van der Waals surface area contributed by atoms with E-state index in [1.807, 2.05) is 0 Å². The van der Waals surface area contributed by atoms with E-state index >= 15 is 0 Å². The van der Waals surface area contributed by atoms with E-state index < -0.39 is 11.9 Å². The molecule has 2 aliphatic heterocycles. The van der Waals surface area contributed by atoms with Gasteiger partial charge in [-0.25, -0.2) is 19.7 Å². The molecule has 2 aromatic heterocycles. The molecule has 218 valence electrons. The number of hydrogen-bond donors (Lipinski definition) is 2. The van der Waals surface area contributed by atoms with Gasteiger partial charge < -0.3 is 24.8 Å². The Labute approximate surface area is 251 Å². The van der Waals surface area contributed by atoms with Crippen LogP contribution in [0.15, 0.2) is 42.7 Å². The van der Waals surface area contributed by atoms with Gasteiger partial charge in [0, 0.05) is 24.4 Å². The van der Waals surface area contributed by atoms with E-state index in [4.69, 9.17) is 25.8 Å². The number of anilines is 4. The summed E-state index contributed by atoms with van der Waals surface area (Å²) in [5, 5.41) is 6.63. The molecule has 0 unspecified atom stereocenters. The van der Waals surface area contributed by atoms with Crippen molar-refractivity contribution in [3.63, 3.8) is 0 Å². The molecule has 1 fully saturated rings. The monoisotopic (exact) mass is 608 g/mol. The van der Waals surface area contributed by atoms with Gasteiger partial charge in [0.1, 0.15) is 28.4 Å². The lowest BCUT2D eigenvalue weighted by Crippen LogP contribution is -2.35. The highest BCUT2D eigenvalue weighted by Crippen LogP contribution is 2.46. The minimum absolute atomic E-state index is 0.289. The lowest BCUT2D eigenvalue weighted by Gasteiger charge is -2.28. The van der Waals surface area contributed by atoms with Gasteiger partial charge in [-0.3, -0.25) is 9.69 Å². The smallest absolute Gasteiger partial charge is 0.332 e. The normalized spacial score (nSPS) is 14.9. The molecule has 6 rings (SSSR count). The first-order chi connectivity index (χ1) is 20.5. The molecular formula is C29H29ClN6O5S. The number of methoxy groups -OCH3 is 2. The van der Waals surface area contributed by atoms with Crippen molar-refractivity contribution in [3.05, 3.63) is 52.6 Å². The molecule has 42 heavy (non-hydrogen) atoms. The van der Waals surface area contributed by atoms with Crippen LogP contribution < -0.4 is 29.7 Å². The lowest BCUT2D eigenvalue weighted by molar-refractivity contribution is 0.103. The number of urea groups is 1. The summed E-state index contributed by atoms with van der Waals surface area (Å²) in [5.74, 6) is 1.55. The molecule has 2 N–H and O–H groups in total. The van der Waals surface area contributed by atoms with Crippen LogP contribution in [0.1, 0.15) is 28.9 Å². The molecule has 4 heterocycles. The van der Waals surface area contributed by atoms with Gasteiger partial charge in [-0.1, -0.05) is 18.0 Å². The summed E-state index contributed by atoms with van der Waals surface area (Å²) in [4.78, 5) is 40.2. The number of amides is 3. The fourth-order valence-corrected chi connectivity index (χ4v) is 6.35. The first-order valence-electron chi connectivity index (χ1n) is 13.5. The van der Waals surface area contributed by atoms with Crippen molar-refractivity contribution in [1.82, 2.24) is 14.9 Å². The maximum absolute atomic E-state index is 13.5. The number of nitrogens with one attached hydrogen (secondary N) is 2. The third-order valence-electron chi connectivity index (χ3n) is 7.25. The highest BCUT2D eigenvalue weighted by atomic mass is 35.5. The standard InChI is InChI=1S/C29H29ClN6O5S/c1-39-18-7-8-19(30)20(15-18)36-26-23-24(34-29(36)38)25(42-28(23)32-16-31-26)27(37)33-17-6-9-21(22(14-17)40-2)41-13-12-35-10-4-3-5-11-35/h6-9,14-16H,3-5,10-13H2,1-2H3,(H,33,37)(H,34,38). The van der Waals surface area contributed by atoms with Crippen LogP contribution in [0, 0.1) is 0 Å². The number of rotatable bonds is 9. The number of benzene rings is 2. The van der Waals surface area contributed by atoms with Crippen LogP contribution in [0.3, 0.4) is 0 Å². The van der Waals surface area contributed by atoms with Crippen molar-refractivity contribution < 1.29 is 23.8 Å². The van der Waals surface area contributed by atoms with Crippen LogP contribution in [-0.2, 0) is 0 Å². The predicted octanol–water partition coefficient (Wildman–Crippen LogP) is 6.16. The zero-order chi connectivity index (χ0) is 29.2. The van der Waals surface area contributed by atoms with Gasteiger partial charge in [0.2, 0.25) is 0 Å². The average Bonchev–Trinajstić information content (AvgIpc) is 3.38. The molecule has 0 aliphatic carbocycles. The second kappa shape index (κ2) is 12.0. The molecular weight excluding hydrogens is 580 g/mol. The average molecular weight is 609 g/mol. The summed E-state index contributed by atoms with van der Waals surface area (Å²) in [6.07, 6.45) is 5.10. The molecule has 11 nitrogen and oxygen atoms in total. The third kappa shape index (κ3) is 5.40. The molecule has 4 aromatic rings. The van der Waals surface area contributed by atoms with E-state index in [0.29, 0.717) is 62.0 Å². The quantitative estimate of drug-likeness (QED) is 0.232. The number of hydrogen-bond acceptors (Lipinski definition) is 9. The minimum Gasteiger partial charge on any atom is -0.497 e. The van der Waals surface area contributed by atoms with E-state index in [2.05, 4.69) is 25.5 Å². The summed E-state index contributed by atoms with van der Waals surface area (Å²) < 4.78 is 16.9. The molecule has 2 aliphatic rings. The first-order valence-corrected chi connectivity index (χ1v) is 14.7. The Morgan fingerprint density at radius 3 is 2.69 bits per heavy atom. The second-order valence-corrected chi connectivity index (χ2v) is 11.2. The van der Waals surface area contributed by atoms with E-state index in [0.717, 1.165) is 31.0 Å². The molecule has 3 amide bonds. The Hall–Kier alpha value is -4.13. The molecule has 2 aromatic carbocycles. The molecule has 0 spiro atoms. The van der Waals surface area contributed by atoms with Gasteiger partial charge in [-0.15, -0.1) is 11.3 Å². The van der Waals surface area contributed by atoms with Gasteiger partial charge in [0.25, 0.3) is 5.91 Å². The van der Waals surface area contributed by atoms with Crippen LogP contribution in [0.2, 0.25) is 5.02 Å². The number of carbonyl (C=O) groups is 2. The number of carbonyl (C=O) groups excluding carboxylic acids is 2. The summed E-state index contributed by atoms with van der Waals surface area (Å²) in [6.45, 7) is 3.61. The van der Waals surface area contributed by atoms with Crippen LogP contribution in [-0.4, -0.2) is 67.3 Å². The van der Waals surface area contributed by atoms with Crippen molar-refractivity contribution in [2.24, 2.45) is 0 Å². The van der Waals surface area contributed by atoms with E-state index in [1.54, 1.807) is 43.5 Å². The van der Waals surface area contributed by atoms with E-state index in [-0.39, 0.29) is 4.88 Å². The number of ether oxygens (including phenoxy) is 3. The fourth-order valence-electron chi connectivity index (χ4n) is 5.16. The minimum atomic E-state index is -0.516. The summed E-state index contributed by atoms with van der Waals surface area (Å²) >= 11 is 7.61. The van der Waals surface area contributed by atoms with Crippen LogP contribution in [0.4, 0.5) is 27.7 Å². The van der Waals surface area contributed by atoms with Gasteiger partial charge in [0.05, 0.1) is 36.0 Å². The molecule has 13 heteroatoms. The predicted molar refractivity (Wildman–Crippen MR) is 163 cm³/mol. The number of piperidine rings is 1. The lowest BCUT2D eigenvalue weighted by atomic mass is 10.1. The topological polar surface area (TPSA) is 118 Å². The summed E-state index contributed by atoms with van der Waals surface area (Å²) in [5.41, 5.74) is 1.25. The Bertz CT molecular complexity index is 1660. The Morgan fingerprint density at radius 2 is 1.90 bits per heavy atom. The van der Waals surface area contributed by atoms with Crippen LogP contribution >= 0.6 is 22.9 Å². The third-order valence-corrected chi connectivity index (χ3v) is 8.67. The Balaban J connectivity index is 1.24. The molecule has 0 saturated carbocycles. The first kappa shape index (κ1) is 28.0. The highest BCUT2D eigenvalue weighted by Gasteiger charge is 2.35. The number of halogens is 1. The summed E-state index contributed by atoms with van der Waals surface area (Å²) in [7, 11) is 3.09. The van der Waals surface area contributed by atoms with Crippen molar-refractivity contribution in [2.75, 3.05) is 56.0 Å². The van der Waals surface area contributed by atoms with Crippen LogP contribution in [0.5, 0.6) is 17.2 Å². The van der Waals surface area contributed by atoms with E-state index in [9.17, 15) is 9.59 Å². The fraction of sp³-hybridized carbons (Fsp3) is 0.310. The largest absolute Gasteiger partial charge is 0.497 e. The van der Waals surface area contributed by atoms with Gasteiger partial charge in [-0.2, -0.15) is 0 Å². The van der Waals surface area contributed by atoms with Crippen molar-refractivity contribution in [2.45, 2.75) is 19.3 Å². The molecule has 0 atom stereocenters. The summed E-state index contributed by atoms with van der Waals surface area (Å²) in [6, 6.07) is 9.72. The Morgan fingerprint density at radius 1 is 1.07 bits per heavy atom. The maximum atomic E-state index is 13.5. The van der Waals surface area contributed by atoms with Crippen molar-refractivity contribution in [1.29, 1.82) is 0 Å². The zero-order valence-electron chi connectivity index (χ0n) is 23.1. The maximum Gasteiger partial charge on any atom is 0.332 e. The van der Waals surface area contributed by atoms with Gasteiger partial charge in [-0.05, 0) is 50.2 Å². The molecule has 1 saturated heterocycles. The second-order valence-electron chi connectivity index (χ2n) is 9.84. The number of aromatic nitrogens is 2. The number of thiophene rings is 1. The molecule has 0 radical (unpaired) electrons. The SMILES string of the molecule is COc1ccc(Cl)c(N2C(=O)Nc3c(C(=O)Nc4ccc(OCCN5CCCCC5)c(OC)c4)sc4ncnc2c34)c1. The zero-order valence-corrected chi connectivity index (χ0v) is 24.7. The van der Waals surface area contributed by atoms with Gasteiger partial charge in [0.15, 0.2) is 17.3 Å². The van der Waals surface area contributed by atoms with Gasteiger partial charge >= 0.3 is 6.03 Å². The number of likely N-dealkylation sites (tertiary alicyclic amines) is 1. The number of nitrogens with zero attached hydrogens (tertiary/aromatic N) is 4. The van der Waals surface area contributed by atoms with Crippen molar-refractivity contribution >= 4 is 68.0 Å². The Kier molecular flexibility index (Phi) is 8.00. The van der Waals surface area contributed by atoms with Crippen LogP contribution in [0.25, 0.3) is 10.2 Å². The van der Waals surface area contributed by atoms with Crippen molar-refractivity contribution in [3.8, 4) is 17.2 Å².